The molecule has 4 aromatic rings. The second-order valence-electron chi connectivity index (χ2n) is 7.29. The zero-order valence-corrected chi connectivity index (χ0v) is 16.4. The number of hydrogen-bond donors (Lipinski definition) is 1. The van der Waals surface area contributed by atoms with Gasteiger partial charge in [-0.05, 0) is 35.9 Å². The van der Waals surface area contributed by atoms with Crippen molar-refractivity contribution in [3.63, 3.8) is 0 Å². The molecule has 1 aromatic carbocycles. The lowest BCUT2D eigenvalue weighted by atomic mass is 10.0. The second kappa shape index (κ2) is 8.22. The Kier molecular flexibility index (Phi) is 5.46. The smallest absolute Gasteiger partial charge is 0.389 e. The predicted octanol–water partition coefficient (Wildman–Crippen LogP) is 5.10. The Balaban J connectivity index is 1.57. The van der Waals surface area contributed by atoms with Gasteiger partial charge >= 0.3 is 6.18 Å². The van der Waals surface area contributed by atoms with Gasteiger partial charge in [0.15, 0.2) is 0 Å². The number of hydrogen-bond acceptors (Lipinski definition) is 4. The topological polar surface area (TPSA) is 73.3 Å². The van der Waals surface area contributed by atoms with Gasteiger partial charge < -0.3 is 5.73 Å². The number of aromatic nitrogens is 3. The minimum atomic E-state index is -4.32. The number of ketones is 1. The molecule has 0 unspecified atom stereocenters. The number of nitrogens with two attached hydrogens (primary N) is 1. The molecule has 0 bridgehead atoms. The van der Waals surface area contributed by atoms with Gasteiger partial charge in [0.25, 0.3) is 0 Å². The van der Waals surface area contributed by atoms with Crippen LogP contribution in [-0.4, -0.2) is 26.3 Å². The summed E-state index contributed by atoms with van der Waals surface area (Å²) < 4.78 is 38.9. The molecule has 0 spiro atoms. The number of Topliss-reactive ketones (excluding diaryl/α,β-unsaturated/α-hetero) is 1. The maximum atomic E-state index is 12.3. The molecule has 2 N–H and O–H groups in total. The Morgan fingerprint density at radius 1 is 1.00 bits per heavy atom. The molecular weight excluding hydrogens is 405 g/mol. The molecule has 0 radical (unpaired) electrons. The molecule has 5 nitrogen and oxygen atoms in total. The van der Waals surface area contributed by atoms with Gasteiger partial charge in [0.1, 0.15) is 11.4 Å². The van der Waals surface area contributed by atoms with E-state index in [-0.39, 0.29) is 6.42 Å². The van der Waals surface area contributed by atoms with E-state index >= 15 is 0 Å². The Hall–Kier alpha value is -3.68. The van der Waals surface area contributed by atoms with E-state index in [1.807, 2.05) is 40.9 Å². The van der Waals surface area contributed by atoms with Crippen molar-refractivity contribution in [1.82, 2.24) is 14.4 Å². The molecule has 0 aliphatic heterocycles. The molecular formula is C23H19F3N4O. The number of carbonyl (C=O) groups excluding carboxylic acids is 1. The van der Waals surface area contributed by atoms with E-state index in [4.69, 9.17) is 5.73 Å². The number of pyridine rings is 2. The second-order valence-corrected chi connectivity index (χ2v) is 7.29. The Morgan fingerprint density at radius 3 is 2.58 bits per heavy atom. The van der Waals surface area contributed by atoms with Gasteiger partial charge in [-0.25, -0.2) is 4.98 Å². The number of halogens is 3. The van der Waals surface area contributed by atoms with Crippen LogP contribution < -0.4 is 5.73 Å². The first-order chi connectivity index (χ1) is 14.8. The van der Waals surface area contributed by atoms with E-state index in [1.165, 1.54) is 0 Å². The summed E-state index contributed by atoms with van der Waals surface area (Å²) in [6, 6.07) is 14.7. The van der Waals surface area contributed by atoms with Gasteiger partial charge in [-0.1, -0.05) is 18.2 Å². The highest BCUT2D eigenvalue weighted by Crippen LogP contribution is 2.26. The van der Waals surface area contributed by atoms with Crippen molar-refractivity contribution in [1.29, 1.82) is 0 Å². The van der Waals surface area contributed by atoms with Crippen molar-refractivity contribution in [2.45, 2.75) is 25.4 Å². The van der Waals surface area contributed by atoms with Crippen LogP contribution in [-0.2, 0) is 11.2 Å². The number of imidazole rings is 1. The average molecular weight is 424 g/mol. The number of benzene rings is 1. The lowest BCUT2D eigenvalue weighted by Gasteiger charge is -2.08. The molecule has 3 aromatic heterocycles. The number of fused-ring (bicyclic) bond motifs is 1. The first-order valence-electron chi connectivity index (χ1n) is 9.65. The summed E-state index contributed by atoms with van der Waals surface area (Å²) in [5.41, 5.74) is 11.0. The Bertz CT molecular complexity index is 1230. The number of carbonyl (C=O) groups is 1. The molecule has 4 rings (SSSR count). The van der Waals surface area contributed by atoms with Gasteiger partial charge in [0, 0.05) is 30.2 Å². The highest BCUT2D eigenvalue weighted by molar-refractivity contribution is 5.81. The van der Waals surface area contributed by atoms with Crippen molar-refractivity contribution in [3.05, 3.63) is 72.7 Å². The van der Waals surface area contributed by atoms with Crippen LogP contribution in [0.2, 0.25) is 0 Å². The molecule has 31 heavy (non-hydrogen) atoms. The minimum Gasteiger partial charge on any atom is -0.397 e. The summed E-state index contributed by atoms with van der Waals surface area (Å²) in [6.45, 7) is 0. The molecule has 3 heterocycles. The van der Waals surface area contributed by atoms with E-state index in [0.717, 1.165) is 28.2 Å². The van der Waals surface area contributed by atoms with Crippen molar-refractivity contribution in [2.75, 3.05) is 5.73 Å². The minimum absolute atomic E-state index is 0.0341. The first-order valence-corrected chi connectivity index (χ1v) is 9.65. The third-order valence-corrected chi connectivity index (χ3v) is 4.91. The predicted molar refractivity (Wildman–Crippen MR) is 112 cm³/mol. The summed E-state index contributed by atoms with van der Waals surface area (Å²) in [6.07, 6.45) is -0.762. The lowest BCUT2D eigenvalue weighted by Crippen LogP contribution is -2.12. The third kappa shape index (κ3) is 4.91. The Morgan fingerprint density at radius 2 is 1.84 bits per heavy atom. The fraction of sp³-hybridized carbons (Fsp3) is 0.174. The van der Waals surface area contributed by atoms with Crippen LogP contribution >= 0.6 is 0 Å². The molecule has 8 heteroatoms. The van der Waals surface area contributed by atoms with Gasteiger partial charge in [0.05, 0.1) is 35.9 Å². The number of alkyl halides is 3. The van der Waals surface area contributed by atoms with Crippen molar-refractivity contribution < 1.29 is 18.0 Å². The summed E-state index contributed by atoms with van der Waals surface area (Å²) >= 11 is 0. The summed E-state index contributed by atoms with van der Waals surface area (Å²) in [7, 11) is 0. The van der Waals surface area contributed by atoms with Crippen LogP contribution in [0.15, 0.2) is 67.1 Å². The molecule has 0 fully saturated rings. The molecule has 0 atom stereocenters. The van der Waals surface area contributed by atoms with E-state index in [9.17, 15) is 18.0 Å². The van der Waals surface area contributed by atoms with Gasteiger partial charge in [-0.3, -0.25) is 14.2 Å². The van der Waals surface area contributed by atoms with E-state index in [1.54, 1.807) is 30.6 Å². The van der Waals surface area contributed by atoms with E-state index < -0.39 is 24.8 Å². The van der Waals surface area contributed by atoms with Crippen LogP contribution in [0.4, 0.5) is 18.9 Å². The highest BCUT2D eigenvalue weighted by Gasteiger charge is 2.27. The van der Waals surface area contributed by atoms with Crippen LogP contribution in [0.25, 0.3) is 28.2 Å². The number of nitrogen functional groups attached to an aromatic ring is 1. The maximum absolute atomic E-state index is 12.3. The van der Waals surface area contributed by atoms with Gasteiger partial charge in [0.2, 0.25) is 0 Å². The summed E-state index contributed by atoms with van der Waals surface area (Å²) in [5, 5.41) is 0. The largest absolute Gasteiger partial charge is 0.397 e. The molecule has 0 amide bonds. The van der Waals surface area contributed by atoms with Crippen LogP contribution in [0.3, 0.4) is 0 Å². The lowest BCUT2D eigenvalue weighted by molar-refractivity contribution is -0.143. The zero-order chi connectivity index (χ0) is 22.0. The van der Waals surface area contributed by atoms with Crippen LogP contribution in [0.1, 0.15) is 18.4 Å². The Labute approximate surface area is 176 Å². The fourth-order valence-corrected chi connectivity index (χ4v) is 3.37. The standard InChI is InChI=1S/C23H19F3N4O/c24-23(25,26)8-6-19(31)11-15-2-1-3-17(10-15)21-14-29-22-12-16(7-9-30(21)22)20-5-4-18(27)13-28-20/h1-5,7,9-10,12-14H,6,8,11,27H2. The van der Waals surface area contributed by atoms with Crippen molar-refractivity contribution >= 4 is 17.1 Å². The van der Waals surface area contributed by atoms with Crippen LogP contribution in [0.5, 0.6) is 0 Å². The molecule has 0 aliphatic carbocycles. The zero-order valence-electron chi connectivity index (χ0n) is 16.4. The molecule has 158 valence electrons. The SMILES string of the molecule is Nc1ccc(-c2ccn3c(-c4cccc(CC(=O)CCC(F)(F)F)c4)cnc3c2)nc1. The quantitative estimate of drug-likeness (QED) is 0.467. The number of rotatable bonds is 6. The monoisotopic (exact) mass is 424 g/mol. The van der Waals surface area contributed by atoms with Gasteiger partial charge in [-0.15, -0.1) is 0 Å². The molecule has 0 saturated heterocycles. The molecule has 0 saturated carbocycles. The van der Waals surface area contributed by atoms with Crippen molar-refractivity contribution in [3.8, 4) is 22.5 Å². The van der Waals surface area contributed by atoms with E-state index in [2.05, 4.69) is 9.97 Å². The first kappa shape index (κ1) is 20.6. The average Bonchev–Trinajstić information content (AvgIpc) is 3.16. The molecule has 0 aliphatic rings. The number of nitrogens with zero attached hydrogens (tertiary/aromatic N) is 3. The summed E-state index contributed by atoms with van der Waals surface area (Å²) in [4.78, 5) is 20.7. The van der Waals surface area contributed by atoms with Crippen LogP contribution in [0, 0.1) is 0 Å². The van der Waals surface area contributed by atoms with E-state index in [0.29, 0.717) is 11.3 Å². The van der Waals surface area contributed by atoms with Crippen molar-refractivity contribution in [2.24, 2.45) is 0 Å². The highest BCUT2D eigenvalue weighted by atomic mass is 19.4. The fourth-order valence-electron chi connectivity index (χ4n) is 3.37. The summed E-state index contributed by atoms with van der Waals surface area (Å²) in [5.74, 6) is -0.437. The third-order valence-electron chi connectivity index (χ3n) is 4.91. The number of anilines is 1. The van der Waals surface area contributed by atoms with Gasteiger partial charge in [-0.2, -0.15) is 13.2 Å². The maximum Gasteiger partial charge on any atom is 0.389 e. The normalized spacial score (nSPS) is 11.7.